The van der Waals surface area contributed by atoms with Crippen LogP contribution in [0, 0.1) is 0 Å². The number of ether oxygens (including phenoxy) is 1. The summed E-state index contributed by atoms with van der Waals surface area (Å²) >= 11 is 6.20. The molecule has 1 aromatic rings. The maximum atomic E-state index is 6.20. The van der Waals surface area contributed by atoms with E-state index >= 15 is 0 Å². The molecule has 0 amide bonds. The van der Waals surface area contributed by atoms with Crippen molar-refractivity contribution in [2.75, 3.05) is 23.7 Å². The average molecular weight is 241 g/mol. The Hall–Kier alpha value is -0.930. The number of rotatable bonds is 1. The molecule has 0 spiro atoms. The number of para-hydroxylation sites is 1. The van der Waals surface area contributed by atoms with Gasteiger partial charge in [0.05, 0.1) is 28.6 Å². The fourth-order valence-corrected chi connectivity index (χ4v) is 2.53. The number of nitrogen functional groups attached to an aromatic ring is 1. The minimum absolute atomic E-state index is 0.208. The van der Waals surface area contributed by atoms with Crippen molar-refractivity contribution < 1.29 is 4.74 Å². The number of nitrogens with two attached hydrogens (primary N) is 1. The molecule has 0 saturated carbocycles. The summed E-state index contributed by atoms with van der Waals surface area (Å²) in [6.45, 7) is 5.79. The Bertz CT molecular complexity index is 353. The molecule has 1 aliphatic heterocycles. The third-order valence-electron chi connectivity index (χ3n) is 2.75. The lowest BCUT2D eigenvalue weighted by Gasteiger charge is -2.37. The van der Waals surface area contributed by atoms with Crippen LogP contribution in [0.4, 0.5) is 11.4 Å². The van der Waals surface area contributed by atoms with E-state index in [9.17, 15) is 0 Å². The molecule has 0 radical (unpaired) electrons. The van der Waals surface area contributed by atoms with Crippen LogP contribution in [-0.4, -0.2) is 25.3 Å². The molecule has 4 heteroatoms. The van der Waals surface area contributed by atoms with Gasteiger partial charge in [-0.1, -0.05) is 17.7 Å². The summed E-state index contributed by atoms with van der Waals surface area (Å²) in [5, 5.41) is 0.710. The van der Waals surface area contributed by atoms with E-state index in [-0.39, 0.29) is 12.2 Å². The molecular formula is C12H17ClN2O. The fourth-order valence-electron chi connectivity index (χ4n) is 2.23. The zero-order valence-corrected chi connectivity index (χ0v) is 10.4. The van der Waals surface area contributed by atoms with Gasteiger partial charge in [0.2, 0.25) is 0 Å². The molecule has 3 nitrogen and oxygen atoms in total. The minimum atomic E-state index is 0.208. The van der Waals surface area contributed by atoms with Crippen LogP contribution >= 0.6 is 11.6 Å². The summed E-state index contributed by atoms with van der Waals surface area (Å²) in [7, 11) is 0. The number of nitrogens with zero attached hydrogens (tertiary/aromatic N) is 1. The van der Waals surface area contributed by atoms with Gasteiger partial charge in [-0.15, -0.1) is 0 Å². The lowest BCUT2D eigenvalue weighted by atomic mass is 10.2. The Labute approximate surface area is 101 Å². The highest BCUT2D eigenvalue weighted by Gasteiger charge is 2.24. The zero-order chi connectivity index (χ0) is 11.7. The van der Waals surface area contributed by atoms with Crippen LogP contribution in [0.2, 0.25) is 5.02 Å². The third-order valence-corrected chi connectivity index (χ3v) is 3.06. The molecule has 1 aromatic carbocycles. The van der Waals surface area contributed by atoms with Crippen LogP contribution in [0.5, 0.6) is 0 Å². The molecule has 2 atom stereocenters. The molecular weight excluding hydrogens is 224 g/mol. The van der Waals surface area contributed by atoms with Crippen molar-refractivity contribution in [1.82, 2.24) is 0 Å². The largest absolute Gasteiger partial charge is 0.397 e. The Morgan fingerprint density at radius 3 is 2.50 bits per heavy atom. The first kappa shape index (κ1) is 11.6. The van der Waals surface area contributed by atoms with Crippen molar-refractivity contribution in [3.05, 3.63) is 23.2 Å². The summed E-state index contributed by atoms with van der Waals surface area (Å²) < 4.78 is 5.69. The first-order chi connectivity index (χ1) is 7.58. The molecule has 1 fully saturated rings. The molecule has 2 rings (SSSR count). The zero-order valence-electron chi connectivity index (χ0n) is 9.61. The molecule has 0 bridgehead atoms. The Morgan fingerprint density at radius 2 is 1.94 bits per heavy atom. The van der Waals surface area contributed by atoms with Gasteiger partial charge in [0.1, 0.15) is 0 Å². The number of hydrogen-bond acceptors (Lipinski definition) is 3. The minimum Gasteiger partial charge on any atom is -0.397 e. The summed E-state index contributed by atoms with van der Waals surface area (Å²) in [6.07, 6.45) is 0.416. The van der Waals surface area contributed by atoms with Crippen molar-refractivity contribution in [3.63, 3.8) is 0 Å². The summed E-state index contributed by atoms with van der Waals surface area (Å²) in [5.41, 5.74) is 7.64. The van der Waals surface area contributed by atoms with E-state index < -0.39 is 0 Å². The van der Waals surface area contributed by atoms with E-state index in [0.717, 1.165) is 24.5 Å². The molecule has 0 aliphatic carbocycles. The molecule has 0 aromatic heterocycles. The van der Waals surface area contributed by atoms with E-state index in [0.29, 0.717) is 5.02 Å². The number of benzene rings is 1. The van der Waals surface area contributed by atoms with Crippen LogP contribution in [0.3, 0.4) is 0 Å². The van der Waals surface area contributed by atoms with Crippen LogP contribution in [0.25, 0.3) is 0 Å². The second-order valence-corrected chi connectivity index (χ2v) is 4.75. The maximum Gasteiger partial charge on any atom is 0.0790 e. The van der Waals surface area contributed by atoms with Gasteiger partial charge >= 0.3 is 0 Å². The van der Waals surface area contributed by atoms with Crippen molar-refractivity contribution in [3.8, 4) is 0 Å². The molecule has 16 heavy (non-hydrogen) atoms. The van der Waals surface area contributed by atoms with Gasteiger partial charge in [-0.05, 0) is 26.0 Å². The van der Waals surface area contributed by atoms with Crippen LogP contribution in [-0.2, 0) is 4.74 Å². The van der Waals surface area contributed by atoms with Crippen LogP contribution in [0.1, 0.15) is 13.8 Å². The molecule has 1 heterocycles. The molecule has 2 N–H and O–H groups in total. The number of anilines is 2. The monoisotopic (exact) mass is 240 g/mol. The van der Waals surface area contributed by atoms with Gasteiger partial charge in [0.25, 0.3) is 0 Å². The molecule has 0 unspecified atom stereocenters. The van der Waals surface area contributed by atoms with Gasteiger partial charge in [0, 0.05) is 13.1 Å². The highest BCUT2D eigenvalue weighted by atomic mass is 35.5. The summed E-state index contributed by atoms with van der Waals surface area (Å²) in [6, 6.07) is 5.62. The number of hydrogen-bond donors (Lipinski definition) is 1. The molecule has 1 aliphatic rings. The van der Waals surface area contributed by atoms with Gasteiger partial charge in [0.15, 0.2) is 0 Å². The van der Waals surface area contributed by atoms with Crippen molar-refractivity contribution >= 4 is 23.0 Å². The van der Waals surface area contributed by atoms with Crippen molar-refractivity contribution in [2.45, 2.75) is 26.1 Å². The summed E-state index contributed by atoms with van der Waals surface area (Å²) in [4.78, 5) is 2.20. The SMILES string of the molecule is C[C@@H]1CN(c2c(N)cccc2Cl)C[C@H](C)O1. The normalized spacial score (nSPS) is 25.8. The topological polar surface area (TPSA) is 38.5 Å². The predicted octanol–water partition coefficient (Wildman–Crippen LogP) is 2.54. The lowest BCUT2D eigenvalue weighted by molar-refractivity contribution is -0.00516. The second kappa shape index (κ2) is 4.52. The Morgan fingerprint density at radius 1 is 1.31 bits per heavy atom. The van der Waals surface area contributed by atoms with E-state index in [1.54, 1.807) is 0 Å². The second-order valence-electron chi connectivity index (χ2n) is 4.34. The lowest BCUT2D eigenvalue weighted by Crippen LogP contribution is -2.45. The van der Waals surface area contributed by atoms with E-state index in [4.69, 9.17) is 22.1 Å². The first-order valence-electron chi connectivity index (χ1n) is 5.52. The Balaban J connectivity index is 2.29. The third kappa shape index (κ3) is 2.25. The van der Waals surface area contributed by atoms with Crippen LogP contribution < -0.4 is 10.6 Å². The number of halogens is 1. The highest BCUT2D eigenvalue weighted by Crippen LogP contribution is 2.33. The van der Waals surface area contributed by atoms with Gasteiger partial charge in [-0.3, -0.25) is 0 Å². The summed E-state index contributed by atoms with van der Waals surface area (Å²) in [5.74, 6) is 0. The standard InChI is InChI=1S/C12H17ClN2O/c1-8-6-15(7-9(2)16-8)12-10(13)4-3-5-11(12)14/h3-5,8-9H,6-7,14H2,1-2H3/t8-,9+. The van der Waals surface area contributed by atoms with E-state index in [1.807, 2.05) is 18.2 Å². The fraction of sp³-hybridized carbons (Fsp3) is 0.500. The van der Waals surface area contributed by atoms with Gasteiger partial charge < -0.3 is 15.4 Å². The van der Waals surface area contributed by atoms with Crippen molar-refractivity contribution in [1.29, 1.82) is 0 Å². The molecule has 1 saturated heterocycles. The van der Waals surface area contributed by atoms with Gasteiger partial charge in [-0.2, -0.15) is 0 Å². The predicted molar refractivity (Wildman–Crippen MR) is 68.1 cm³/mol. The average Bonchev–Trinajstić information content (AvgIpc) is 2.15. The van der Waals surface area contributed by atoms with E-state index in [2.05, 4.69) is 18.7 Å². The van der Waals surface area contributed by atoms with Crippen molar-refractivity contribution in [2.24, 2.45) is 0 Å². The quantitative estimate of drug-likeness (QED) is 0.767. The smallest absolute Gasteiger partial charge is 0.0790 e. The van der Waals surface area contributed by atoms with Gasteiger partial charge in [-0.25, -0.2) is 0 Å². The molecule has 88 valence electrons. The Kier molecular flexibility index (Phi) is 3.26. The highest BCUT2D eigenvalue weighted by molar-refractivity contribution is 6.34. The van der Waals surface area contributed by atoms with Crippen LogP contribution in [0.15, 0.2) is 18.2 Å². The maximum absolute atomic E-state index is 6.20. The van der Waals surface area contributed by atoms with E-state index in [1.165, 1.54) is 0 Å². The first-order valence-corrected chi connectivity index (χ1v) is 5.90. The number of morpholine rings is 1.